The number of rotatable bonds is 25. The summed E-state index contributed by atoms with van der Waals surface area (Å²) in [5, 5.41) is 21.4. The van der Waals surface area contributed by atoms with Crippen molar-refractivity contribution >= 4 is 41.6 Å². The van der Waals surface area contributed by atoms with Gasteiger partial charge in [-0.05, 0) is 125 Å². The summed E-state index contributed by atoms with van der Waals surface area (Å²) in [7, 11) is -3.96. The van der Waals surface area contributed by atoms with Gasteiger partial charge in [-0.2, -0.15) is 8.42 Å². The minimum absolute atomic E-state index is 0.0295. The Kier molecular flexibility index (Phi) is 19.0. The zero-order chi connectivity index (χ0) is 41.9. The largest absolute Gasteiger partial charge is 0.488 e. The molecule has 0 aromatic heterocycles. The number of aryl methyl sites for hydroxylation is 1. The molecule has 5 N–H and O–H groups in total. The number of unbranched alkanes of at least 4 members (excludes halogenated alkanes) is 1. The van der Waals surface area contributed by atoms with Crippen molar-refractivity contribution in [2.24, 2.45) is 0 Å². The fraction of sp³-hybridized carbons (Fsp3) is 0.561. The van der Waals surface area contributed by atoms with Crippen molar-refractivity contribution in [3.8, 4) is 5.75 Å². The van der Waals surface area contributed by atoms with Crippen LogP contribution in [0.2, 0.25) is 0 Å². The average molecular weight is 826 g/mol. The number of carbonyl (C=O) groups is 4. The Morgan fingerprint density at radius 3 is 2.36 bits per heavy atom. The van der Waals surface area contributed by atoms with Gasteiger partial charge in [0.25, 0.3) is 5.91 Å². The highest BCUT2D eigenvalue weighted by Crippen LogP contribution is 2.33. The van der Waals surface area contributed by atoms with E-state index < -0.39 is 28.4 Å². The highest BCUT2D eigenvalue weighted by molar-refractivity contribution is 7.81. The lowest BCUT2D eigenvalue weighted by molar-refractivity contribution is -0.129. The number of nitrogens with one attached hydrogen (secondary N) is 4. The van der Waals surface area contributed by atoms with Gasteiger partial charge < -0.3 is 35.4 Å². The van der Waals surface area contributed by atoms with Crippen molar-refractivity contribution < 1.29 is 40.7 Å². The third-order valence-corrected chi connectivity index (χ3v) is 10.7. The maximum atomic E-state index is 13.5. The van der Waals surface area contributed by atoms with Crippen LogP contribution < -0.4 is 25.5 Å². The number of allylic oxidation sites excluding steroid dienone is 1. The summed E-state index contributed by atoms with van der Waals surface area (Å²) in [4.78, 5) is 56.5. The van der Waals surface area contributed by atoms with Gasteiger partial charge in [-0.25, -0.2) is 0 Å². The summed E-state index contributed by atoms with van der Waals surface area (Å²) >= 11 is 0. The Morgan fingerprint density at radius 2 is 1.71 bits per heavy atom. The fourth-order valence-electron chi connectivity index (χ4n) is 7.23. The number of nitrogens with zero attached hydrogens (tertiary/aromatic N) is 2. The molecule has 2 unspecified atom stereocenters. The minimum Gasteiger partial charge on any atom is -0.452 e. The zero-order valence-electron chi connectivity index (χ0n) is 33.8. The number of carbonyl (C=O) groups excluding carboxylic acids is 4. The van der Waals surface area contributed by atoms with Crippen molar-refractivity contribution in [1.82, 2.24) is 31.1 Å². The van der Waals surface area contributed by atoms with Crippen molar-refractivity contribution in [1.29, 1.82) is 0 Å². The monoisotopic (exact) mass is 825 g/mol. The van der Waals surface area contributed by atoms with E-state index in [9.17, 15) is 36.5 Å². The lowest BCUT2D eigenvalue weighted by Crippen LogP contribution is -2.46. The molecular formula is C41H59BFN6O8S. The van der Waals surface area contributed by atoms with Crippen LogP contribution in [-0.2, 0) is 37.9 Å². The molecule has 4 amide bonds. The summed E-state index contributed by atoms with van der Waals surface area (Å²) in [5.74, 6) is -1.34. The average Bonchev–Trinajstić information content (AvgIpc) is 3.65. The second-order valence-electron chi connectivity index (χ2n) is 14.9. The highest BCUT2D eigenvalue weighted by Gasteiger charge is 2.30. The SMILES string of the molecule is CCCN(CCC)CC(=O)NCCCCC(NC(=O)CCc1cccc(OS(=O)(=O)F)c1)C(=O)NCc1ccc(C(=O)NCC(=C2CCC2)N2CCCC2[B]O)cc1. The molecular weight excluding hydrogens is 766 g/mol. The molecule has 1 aliphatic heterocycles. The second kappa shape index (κ2) is 23.8. The number of hydrogen-bond acceptors (Lipinski definition) is 10. The van der Waals surface area contributed by atoms with E-state index in [-0.39, 0.29) is 42.9 Å². The molecule has 2 fully saturated rings. The maximum Gasteiger partial charge on any atom is 0.488 e. The van der Waals surface area contributed by atoms with Gasteiger partial charge >= 0.3 is 18.0 Å². The molecule has 4 rings (SSSR count). The number of halogens is 1. The third kappa shape index (κ3) is 15.7. The molecule has 58 heavy (non-hydrogen) atoms. The topological polar surface area (TPSA) is 186 Å². The Balaban J connectivity index is 1.30. The van der Waals surface area contributed by atoms with Gasteiger partial charge in [-0.15, -0.1) is 0 Å². The number of benzene rings is 2. The van der Waals surface area contributed by atoms with Crippen molar-refractivity contribution in [2.45, 2.75) is 109 Å². The first-order valence-electron chi connectivity index (χ1n) is 20.5. The molecule has 317 valence electrons. The Bertz CT molecular complexity index is 1800. The molecule has 2 aromatic rings. The Morgan fingerprint density at radius 1 is 0.966 bits per heavy atom. The van der Waals surface area contributed by atoms with Crippen molar-refractivity contribution in [2.75, 3.05) is 39.3 Å². The minimum atomic E-state index is -5.20. The van der Waals surface area contributed by atoms with E-state index in [0.717, 1.165) is 75.8 Å². The van der Waals surface area contributed by atoms with Gasteiger partial charge in [0.05, 0.1) is 13.1 Å². The van der Waals surface area contributed by atoms with Crippen LogP contribution in [0.15, 0.2) is 59.8 Å². The molecule has 2 aromatic carbocycles. The molecule has 2 atom stereocenters. The van der Waals surface area contributed by atoms with Gasteiger partial charge in [0.1, 0.15) is 11.8 Å². The van der Waals surface area contributed by atoms with Gasteiger partial charge in [-0.3, -0.25) is 24.1 Å². The van der Waals surface area contributed by atoms with Gasteiger partial charge in [0.15, 0.2) is 0 Å². The first-order valence-corrected chi connectivity index (χ1v) is 21.8. The Hall–Kier alpha value is -4.48. The fourth-order valence-corrected chi connectivity index (χ4v) is 7.56. The number of likely N-dealkylation sites (tertiary alicyclic amines) is 1. The van der Waals surface area contributed by atoms with E-state index >= 15 is 0 Å². The molecule has 1 aliphatic carbocycles. The van der Waals surface area contributed by atoms with Crippen LogP contribution >= 0.6 is 0 Å². The summed E-state index contributed by atoms with van der Waals surface area (Å²) in [6, 6.07) is 11.8. The van der Waals surface area contributed by atoms with E-state index in [2.05, 4.69) is 49.1 Å². The van der Waals surface area contributed by atoms with Crippen molar-refractivity contribution in [3.05, 3.63) is 76.5 Å². The highest BCUT2D eigenvalue weighted by atomic mass is 32.3. The van der Waals surface area contributed by atoms with Crippen LogP contribution in [0.4, 0.5) is 3.89 Å². The molecule has 1 saturated heterocycles. The molecule has 2 aliphatic rings. The molecule has 1 radical (unpaired) electrons. The van der Waals surface area contributed by atoms with Crippen molar-refractivity contribution in [3.63, 3.8) is 0 Å². The van der Waals surface area contributed by atoms with Crippen LogP contribution in [-0.4, -0.2) is 106 Å². The first-order chi connectivity index (χ1) is 27.9. The van der Waals surface area contributed by atoms with Crippen LogP contribution in [0.3, 0.4) is 0 Å². The smallest absolute Gasteiger partial charge is 0.452 e. The molecule has 0 bridgehead atoms. The predicted molar refractivity (Wildman–Crippen MR) is 220 cm³/mol. The van der Waals surface area contributed by atoms with E-state index in [1.165, 1.54) is 31.3 Å². The summed E-state index contributed by atoms with van der Waals surface area (Å²) < 4.78 is 39.1. The maximum absolute atomic E-state index is 13.5. The predicted octanol–water partition coefficient (Wildman–Crippen LogP) is 3.62. The standard InChI is InChI=1S/C41H59BFN6O8S/c1-3-23-48(24-4-2)29-39(51)44-22-6-5-14-35(47-38(50)21-18-30-10-7-13-34(26-30)57-58(43,55)56)41(53)45-27-31-16-19-33(20-17-31)40(52)46-28-36(32-11-8-12-32)49-25-9-15-37(49)42-54/h7,10,13,16-17,19-20,26,35,37,54H,3-6,8-9,11-12,14-15,18,21-25,27-29H2,1-2H3,(H,44,51)(H,45,53)(H,46,52)(H,47,50). The quantitative estimate of drug-likeness (QED) is 0.0563. The van der Waals surface area contributed by atoms with Crippen LogP contribution in [0.5, 0.6) is 5.75 Å². The lowest BCUT2D eigenvalue weighted by Gasteiger charge is -2.33. The summed E-state index contributed by atoms with van der Waals surface area (Å²) in [6.07, 6.45) is 8.53. The second-order valence-corrected chi connectivity index (χ2v) is 15.9. The number of amides is 4. The third-order valence-electron chi connectivity index (χ3n) is 10.4. The van der Waals surface area contributed by atoms with Gasteiger partial charge in [0.2, 0.25) is 17.7 Å². The normalized spacial score (nSPS) is 15.6. The molecule has 1 saturated carbocycles. The van der Waals surface area contributed by atoms with Crippen LogP contribution in [0.1, 0.15) is 106 Å². The summed E-state index contributed by atoms with van der Waals surface area (Å²) in [5.41, 5.74) is 4.19. The van der Waals surface area contributed by atoms with Gasteiger partial charge in [-0.1, -0.05) is 42.0 Å². The van der Waals surface area contributed by atoms with E-state index in [0.29, 0.717) is 50.0 Å². The Labute approximate surface area is 343 Å². The van der Waals surface area contributed by atoms with Crippen LogP contribution in [0.25, 0.3) is 0 Å². The van der Waals surface area contributed by atoms with Gasteiger partial charge in [0, 0.05) is 43.3 Å². The molecule has 17 heteroatoms. The molecule has 1 heterocycles. The molecule has 0 spiro atoms. The van der Waals surface area contributed by atoms with E-state index in [1.54, 1.807) is 30.3 Å². The van der Waals surface area contributed by atoms with Crippen LogP contribution in [0, 0.1) is 0 Å². The number of hydrogen-bond donors (Lipinski definition) is 5. The first kappa shape index (κ1) is 46.2. The van der Waals surface area contributed by atoms with E-state index in [1.807, 2.05) is 0 Å². The zero-order valence-corrected chi connectivity index (χ0v) is 34.6. The summed E-state index contributed by atoms with van der Waals surface area (Å²) in [6.45, 7) is 8.00. The van der Waals surface area contributed by atoms with E-state index in [4.69, 9.17) is 0 Å². The lowest BCUT2D eigenvalue weighted by atomic mass is 9.84. The molecule has 14 nitrogen and oxygen atoms in total.